The Labute approximate surface area is 122 Å². The van der Waals surface area contributed by atoms with Crippen molar-refractivity contribution < 1.29 is 9.59 Å². The predicted octanol–water partition coefficient (Wildman–Crippen LogP) is 1.91. The smallest absolute Gasteiger partial charge is 0.272 e. The summed E-state index contributed by atoms with van der Waals surface area (Å²) in [4.78, 5) is 26.6. The molecule has 2 amide bonds. The second-order valence-corrected chi connectivity index (χ2v) is 4.69. The average Bonchev–Trinajstić information content (AvgIpc) is 2.88. The number of nitrogens with one attached hydrogen (secondary N) is 3. The highest BCUT2D eigenvalue weighted by Gasteiger charge is 2.11. The molecule has 0 bridgehead atoms. The van der Waals surface area contributed by atoms with E-state index < -0.39 is 0 Å². The van der Waals surface area contributed by atoms with Crippen LogP contribution in [0.2, 0.25) is 0 Å². The summed E-state index contributed by atoms with van der Waals surface area (Å²) in [5.74, 6) is -0.406. The lowest BCUT2D eigenvalue weighted by atomic mass is 10.1. The molecule has 21 heavy (non-hydrogen) atoms. The number of hydrogen-bond donors (Lipinski definition) is 4. The summed E-state index contributed by atoms with van der Waals surface area (Å²) < 4.78 is 0. The lowest BCUT2D eigenvalue weighted by Crippen LogP contribution is -2.22. The van der Waals surface area contributed by atoms with E-state index >= 15 is 0 Å². The van der Waals surface area contributed by atoms with E-state index in [0.717, 1.165) is 5.56 Å². The predicted molar refractivity (Wildman–Crippen MR) is 82.3 cm³/mol. The van der Waals surface area contributed by atoms with Crippen molar-refractivity contribution in [3.63, 3.8) is 0 Å². The molecule has 0 radical (unpaired) electrons. The fraction of sp³-hybridized carbons (Fsp3) is 0.200. The van der Waals surface area contributed by atoms with Crippen molar-refractivity contribution in [2.75, 3.05) is 17.6 Å². The molecule has 0 fully saturated rings. The number of rotatable bonds is 4. The topological polar surface area (TPSA) is 100 Å². The second-order valence-electron chi connectivity index (χ2n) is 4.69. The number of carbonyl (C=O) groups excluding carboxylic acids is 2. The third kappa shape index (κ3) is 3.42. The second kappa shape index (κ2) is 6.13. The first-order valence-electron chi connectivity index (χ1n) is 6.65. The van der Waals surface area contributed by atoms with Gasteiger partial charge in [-0.15, -0.1) is 0 Å². The SMILES string of the molecule is CCNC(=O)c1ccc(NC(=O)c2cc(N)c[nH]2)c(C)c1. The lowest BCUT2D eigenvalue weighted by molar-refractivity contribution is 0.0955. The molecule has 0 aliphatic heterocycles. The fourth-order valence-electron chi connectivity index (χ4n) is 1.94. The average molecular weight is 286 g/mol. The van der Waals surface area contributed by atoms with Gasteiger partial charge >= 0.3 is 0 Å². The van der Waals surface area contributed by atoms with Crippen LogP contribution in [-0.2, 0) is 0 Å². The van der Waals surface area contributed by atoms with Crippen LogP contribution in [0.5, 0.6) is 0 Å². The maximum atomic E-state index is 12.0. The van der Waals surface area contributed by atoms with Crippen molar-refractivity contribution in [2.45, 2.75) is 13.8 Å². The maximum absolute atomic E-state index is 12.0. The number of amides is 2. The van der Waals surface area contributed by atoms with E-state index in [-0.39, 0.29) is 11.8 Å². The molecule has 0 aliphatic rings. The van der Waals surface area contributed by atoms with Crippen molar-refractivity contribution in [2.24, 2.45) is 0 Å². The van der Waals surface area contributed by atoms with Gasteiger partial charge in [0.2, 0.25) is 0 Å². The quantitative estimate of drug-likeness (QED) is 0.690. The Morgan fingerprint density at radius 3 is 2.57 bits per heavy atom. The summed E-state index contributed by atoms with van der Waals surface area (Å²) >= 11 is 0. The zero-order valence-corrected chi connectivity index (χ0v) is 12.0. The molecule has 0 saturated heterocycles. The molecule has 1 heterocycles. The number of hydrogen-bond acceptors (Lipinski definition) is 3. The molecule has 2 aromatic rings. The van der Waals surface area contributed by atoms with Gasteiger partial charge in [-0.1, -0.05) is 0 Å². The van der Waals surface area contributed by atoms with Gasteiger partial charge in [0.1, 0.15) is 5.69 Å². The molecule has 5 N–H and O–H groups in total. The van der Waals surface area contributed by atoms with Crippen molar-refractivity contribution in [3.8, 4) is 0 Å². The highest BCUT2D eigenvalue weighted by molar-refractivity contribution is 6.04. The van der Waals surface area contributed by atoms with Gasteiger partial charge in [0.05, 0.1) is 0 Å². The van der Waals surface area contributed by atoms with E-state index in [0.29, 0.717) is 29.2 Å². The molecular weight excluding hydrogens is 268 g/mol. The number of H-pyrrole nitrogens is 1. The van der Waals surface area contributed by atoms with E-state index in [1.54, 1.807) is 30.5 Å². The summed E-state index contributed by atoms with van der Waals surface area (Å²) in [5, 5.41) is 5.51. The highest BCUT2D eigenvalue weighted by atomic mass is 16.2. The van der Waals surface area contributed by atoms with Crippen LogP contribution in [0.25, 0.3) is 0 Å². The lowest BCUT2D eigenvalue weighted by Gasteiger charge is -2.09. The minimum absolute atomic E-state index is 0.129. The normalized spacial score (nSPS) is 10.2. The van der Waals surface area contributed by atoms with Crippen LogP contribution in [0.15, 0.2) is 30.5 Å². The summed E-state index contributed by atoms with van der Waals surface area (Å²) in [5.41, 5.74) is 8.49. The molecule has 0 unspecified atom stereocenters. The van der Waals surface area contributed by atoms with Crippen molar-refractivity contribution >= 4 is 23.2 Å². The number of nitrogens with two attached hydrogens (primary N) is 1. The Kier molecular flexibility index (Phi) is 4.27. The summed E-state index contributed by atoms with van der Waals surface area (Å²) in [6.45, 7) is 4.27. The molecule has 1 aromatic heterocycles. The van der Waals surface area contributed by atoms with Gasteiger partial charge in [-0.3, -0.25) is 9.59 Å². The summed E-state index contributed by atoms with van der Waals surface area (Å²) in [6, 6.07) is 6.69. The molecular formula is C15H18N4O2. The third-order valence-corrected chi connectivity index (χ3v) is 3.02. The molecule has 6 nitrogen and oxygen atoms in total. The summed E-state index contributed by atoms with van der Waals surface area (Å²) in [6.07, 6.45) is 1.56. The van der Waals surface area contributed by atoms with Gasteiger partial charge in [-0.25, -0.2) is 0 Å². The van der Waals surface area contributed by atoms with E-state index in [1.807, 2.05) is 13.8 Å². The summed E-state index contributed by atoms with van der Waals surface area (Å²) in [7, 11) is 0. The van der Waals surface area contributed by atoms with Gasteiger partial charge < -0.3 is 21.4 Å². The van der Waals surface area contributed by atoms with E-state index in [1.165, 1.54) is 0 Å². The van der Waals surface area contributed by atoms with Crippen LogP contribution in [0.4, 0.5) is 11.4 Å². The first kappa shape index (κ1) is 14.6. The molecule has 110 valence electrons. The number of nitrogen functional groups attached to an aromatic ring is 1. The molecule has 0 aliphatic carbocycles. The molecule has 0 atom stereocenters. The van der Waals surface area contributed by atoms with Crippen molar-refractivity contribution in [1.82, 2.24) is 10.3 Å². The van der Waals surface area contributed by atoms with E-state index in [9.17, 15) is 9.59 Å². The molecule has 6 heteroatoms. The number of aromatic nitrogens is 1. The minimum atomic E-state index is -0.277. The maximum Gasteiger partial charge on any atom is 0.272 e. The largest absolute Gasteiger partial charge is 0.397 e. The van der Waals surface area contributed by atoms with Gasteiger partial charge in [0.25, 0.3) is 11.8 Å². The van der Waals surface area contributed by atoms with Crippen LogP contribution >= 0.6 is 0 Å². The molecule has 0 saturated carbocycles. The van der Waals surface area contributed by atoms with Gasteiger partial charge in [0.15, 0.2) is 0 Å². The molecule has 1 aromatic carbocycles. The van der Waals surface area contributed by atoms with E-state index in [4.69, 9.17) is 5.73 Å². The van der Waals surface area contributed by atoms with Crippen LogP contribution in [0.1, 0.15) is 33.3 Å². The van der Waals surface area contributed by atoms with Crippen molar-refractivity contribution in [3.05, 3.63) is 47.3 Å². The van der Waals surface area contributed by atoms with Crippen molar-refractivity contribution in [1.29, 1.82) is 0 Å². The number of aryl methyl sites for hydroxylation is 1. The Hall–Kier alpha value is -2.76. The minimum Gasteiger partial charge on any atom is -0.397 e. The Morgan fingerprint density at radius 1 is 1.24 bits per heavy atom. The highest BCUT2D eigenvalue weighted by Crippen LogP contribution is 2.18. The van der Waals surface area contributed by atoms with Crippen LogP contribution in [0, 0.1) is 6.92 Å². The van der Waals surface area contributed by atoms with Gasteiger partial charge in [0, 0.05) is 29.7 Å². The Morgan fingerprint density at radius 2 is 2.00 bits per heavy atom. The third-order valence-electron chi connectivity index (χ3n) is 3.02. The monoisotopic (exact) mass is 286 g/mol. The van der Waals surface area contributed by atoms with Crippen LogP contribution < -0.4 is 16.4 Å². The van der Waals surface area contributed by atoms with Crippen LogP contribution in [-0.4, -0.2) is 23.3 Å². The number of aromatic amines is 1. The Bertz CT molecular complexity index is 676. The number of carbonyl (C=O) groups is 2. The first-order valence-corrected chi connectivity index (χ1v) is 6.65. The molecule has 0 spiro atoms. The van der Waals surface area contributed by atoms with E-state index in [2.05, 4.69) is 15.6 Å². The van der Waals surface area contributed by atoms with Gasteiger partial charge in [-0.05, 0) is 43.7 Å². The number of benzene rings is 1. The Balaban J connectivity index is 2.14. The molecule has 2 rings (SSSR count). The van der Waals surface area contributed by atoms with Gasteiger partial charge in [-0.2, -0.15) is 0 Å². The fourth-order valence-corrected chi connectivity index (χ4v) is 1.94. The number of anilines is 2. The van der Waals surface area contributed by atoms with Crippen LogP contribution in [0.3, 0.4) is 0 Å². The zero-order chi connectivity index (χ0) is 15.4. The standard InChI is InChI=1S/C15H18N4O2/c1-3-17-14(20)10-4-5-12(9(2)6-10)19-15(21)13-7-11(16)8-18-13/h4-8,18H,3,16H2,1-2H3,(H,17,20)(H,19,21). The first-order chi connectivity index (χ1) is 10.0. The zero-order valence-electron chi connectivity index (χ0n) is 12.0.